The van der Waals surface area contributed by atoms with Gasteiger partial charge in [-0.15, -0.1) is 10.2 Å². The molecule has 3 rings (SSSR count). The van der Waals surface area contributed by atoms with Crippen LogP contribution in [-0.2, 0) is 21.4 Å². The van der Waals surface area contributed by atoms with Gasteiger partial charge in [0, 0.05) is 12.1 Å². The largest absolute Gasteiger partial charge is 0.497 e. The summed E-state index contributed by atoms with van der Waals surface area (Å²) in [5.41, 5.74) is 1.49. The lowest BCUT2D eigenvalue weighted by Crippen LogP contribution is -2.24. The summed E-state index contributed by atoms with van der Waals surface area (Å²) in [6.45, 7) is 0.255. The number of carbonyl (C=O) groups excluding carboxylic acids is 1. The summed E-state index contributed by atoms with van der Waals surface area (Å²) in [5.74, 6) is 0.943. The van der Waals surface area contributed by atoms with Crippen molar-refractivity contribution in [3.63, 3.8) is 0 Å². The van der Waals surface area contributed by atoms with Gasteiger partial charge in [0.2, 0.25) is 21.8 Å². The van der Waals surface area contributed by atoms with Crippen LogP contribution in [0.2, 0.25) is 0 Å². The van der Waals surface area contributed by atoms with Crippen LogP contribution in [0.25, 0.3) is 11.5 Å². The van der Waals surface area contributed by atoms with Crippen molar-refractivity contribution in [2.24, 2.45) is 5.14 Å². The van der Waals surface area contributed by atoms with E-state index in [0.717, 1.165) is 28.6 Å². The number of hydrogen-bond donors (Lipinski definition) is 2. The molecule has 9 nitrogen and oxygen atoms in total. The monoisotopic (exact) mass is 434 g/mol. The van der Waals surface area contributed by atoms with Crippen LogP contribution in [0.3, 0.4) is 0 Å². The molecule has 0 unspecified atom stereocenters. The molecule has 0 aliphatic carbocycles. The number of hydrogen-bond acceptors (Lipinski definition) is 8. The highest BCUT2D eigenvalue weighted by Gasteiger charge is 2.12. The van der Waals surface area contributed by atoms with Gasteiger partial charge in [0.15, 0.2) is 0 Å². The second-order valence-corrected chi connectivity index (χ2v) is 8.34. The number of methoxy groups -OCH3 is 1. The summed E-state index contributed by atoms with van der Waals surface area (Å²) < 4.78 is 33.1. The predicted octanol–water partition coefficient (Wildman–Crippen LogP) is 1.80. The molecule has 1 aromatic heterocycles. The third-order valence-corrected chi connectivity index (χ3v) is 5.56. The first kappa shape index (κ1) is 20.8. The van der Waals surface area contributed by atoms with Crippen LogP contribution in [0.1, 0.15) is 5.56 Å². The number of nitrogens with two attached hydrogens (primary N) is 1. The van der Waals surface area contributed by atoms with Crippen LogP contribution < -0.4 is 15.2 Å². The van der Waals surface area contributed by atoms with E-state index in [1.807, 2.05) is 0 Å². The first-order valence-electron chi connectivity index (χ1n) is 8.34. The Labute approximate surface area is 171 Å². The normalized spacial score (nSPS) is 11.2. The van der Waals surface area contributed by atoms with Crippen LogP contribution in [-0.4, -0.2) is 37.4 Å². The fourth-order valence-corrected chi connectivity index (χ4v) is 3.40. The highest BCUT2D eigenvalue weighted by atomic mass is 32.2. The fourth-order valence-electron chi connectivity index (χ4n) is 2.29. The molecule has 0 spiro atoms. The van der Waals surface area contributed by atoms with Crippen LogP contribution in [0, 0.1) is 0 Å². The minimum absolute atomic E-state index is 0.0205. The van der Waals surface area contributed by atoms with Crippen molar-refractivity contribution in [2.45, 2.75) is 16.7 Å². The Morgan fingerprint density at radius 3 is 2.45 bits per heavy atom. The maximum atomic E-state index is 12.0. The topological polar surface area (TPSA) is 137 Å². The Morgan fingerprint density at radius 2 is 1.83 bits per heavy atom. The van der Waals surface area contributed by atoms with Crippen molar-refractivity contribution >= 4 is 27.7 Å². The first-order valence-corrected chi connectivity index (χ1v) is 10.9. The Morgan fingerprint density at radius 1 is 1.14 bits per heavy atom. The van der Waals surface area contributed by atoms with Gasteiger partial charge in [-0.1, -0.05) is 23.9 Å². The predicted molar refractivity (Wildman–Crippen MR) is 107 cm³/mol. The van der Waals surface area contributed by atoms with E-state index in [1.165, 1.54) is 12.1 Å². The molecule has 0 saturated carbocycles. The van der Waals surface area contributed by atoms with E-state index >= 15 is 0 Å². The third kappa shape index (κ3) is 5.79. The Kier molecular flexibility index (Phi) is 6.52. The van der Waals surface area contributed by atoms with Gasteiger partial charge in [-0.05, 0) is 42.0 Å². The van der Waals surface area contributed by atoms with Crippen molar-refractivity contribution < 1.29 is 22.4 Å². The Bertz CT molecular complexity index is 1080. The van der Waals surface area contributed by atoms with Gasteiger partial charge < -0.3 is 14.5 Å². The number of thioether (sulfide) groups is 1. The average Bonchev–Trinajstić information content (AvgIpc) is 3.19. The zero-order valence-electron chi connectivity index (χ0n) is 15.4. The van der Waals surface area contributed by atoms with Gasteiger partial charge in [-0.25, -0.2) is 13.6 Å². The summed E-state index contributed by atoms with van der Waals surface area (Å²) in [5, 5.41) is 16.0. The number of ether oxygens (including phenoxy) is 1. The van der Waals surface area contributed by atoms with Crippen molar-refractivity contribution in [3.8, 4) is 17.2 Å². The van der Waals surface area contributed by atoms with Gasteiger partial charge in [-0.2, -0.15) is 0 Å². The quantitative estimate of drug-likeness (QED) is 0.512. The summed E-state index contributed by atoms with van der Waals surface area (Å²) in [7, 11) is -2.15. The smallest absolute Gasteiger partial charge is 0.277 e. The molecule has 29 heavy (non-hydrogen) atoms. The van der Waals surface area contributed by atoms with Crippen molar-refractivity contribution in [2.75, 3.05) is 12.9 Å². The standard InChI is InChI=1S/C18H18N4O5S2/c1-26-14-6-4-13(5-7-14)17-21-22-18(27-17)28-11-16(23)20-10-12-2-8-15(9-3-12)29(19,24)25/h2-9H,10-11H2,1H3,(H,20,23)(H2,19,24,25). The van der Waals surface area contributed by atoms with Gasteiger partial charge in [0.05, 0.1) is 17.8 Å². The lowest BCUT2D eigenvalue weighted by Gasteiger charge is -2.05. The molecule has 0 aliphatic heterocycles. The summed E-state index contributed by atoms with van der Waals surface area (Å²) >= 11 is 1.12. The molecule has 0 saturated heterocycles. The molecule has 11 heteroatoms. The molecule has 3 N–H and O–H groups in total. The van der Waals surface area contributed by atoms with E-state index in [-0.39, 0.29) is 28.3 Å². The summed E-state index contributed by atoms with van der Waals surface area (Å²) in [4.78, 5) is 12.0. The fraction of sp³-hybridized carbons (Fsp3) is 0.167. The second-order valence-electron chi connectivity index (χ2n) is 5.86. The number of amides is 1. The molecular weight excluding hydrogens is 416 g/mol. The SMILES string of the molecule is COc1ccc(-c2nnc(SCC(=O)NCc3ccc(S(N)(=O)=O)cc3)o2)cc1. The van der Waals surface area contributed by atoms with Crippen molar-refractivity contribution in [1.82, 2.24) is 15.5 Å². The third-order valence-electron chi connectivity index (χ3n) is 3.81. The zero-order valence-corrected chi connectivity index (χ0v) is 17.0. The van der Waals surface area contributed by atoms with E-state index in [1.54, 1.807) is 43.5 Å². The maximum absolute atomic E-state index is 12.0. The molecule has 0 aliphatic rings. The van der Waals surface area contributed by atoms with Gasteiger partial charge in [0.25, 0.3) is 5.22 Å². The highest BCUT2D eigenvalue weighted by Crippen LogP contribution is 2.24. The number of nitrogens with one attached hydrogen (secondary N) is 1. The zero-order chi connectivity index (χ0) is 20.9. The molecule has 1 heterocycles. The molecule has 152 valence electrons. The highest BCUT2D eigenvalue weighted by molar-refractivity contribution is 7.99. The molecular formula is C18H18N4O5S2. The number of benzene rings is 2. The minimum Gasteiger partial charge on any atom is -0.497 e. The number of carbonyl (C=O) groups is 1. The number of aromatic nitrogens is 2. The number of primary sulfonamides is 1. The van der Waals surface area contributed by atoms with Gasteiger partial charge >= 0.3 is 0 Å². The van der Waals surface area contributed by atoms with Crippen LogP contribution in [0.4, 0.5) is 0 Å². The summed E-state index contributed by atoms with van der Waals surface area (Å²) in [6.07, 6.45) is 0. The van der Waals surface area contributed by atoms with Crippen LogP contribution in [0.15, 0.2) is 63.1 Å². The molecule has 0 radical (unpaired) electrons. The van der Waals surface area contributed by atoms with Gasteiger partial charge in [-0.3, -0.25) is 4.79 Å². The lowest BCUT2D eigenvalue weighted by atomic mass is 10.2. The average molecular weight is 434 g/mol. The minimum atomic E-state index is -3.73. The maximum Gasteiger partial charge on any atom is 0.277 e. The molecule has 0 bridgehead atoms. The van der Waals surface area contributed by atoms with E-state index in [0.29, 0.717) is 5.89 Å². The van der Waals surface area contributed by atoms with Crippen molar-refractivity contribution in [1.29, 1.82) is 0 Å². The van der Waals surface area contributed by atoms with E-state index in [9.17, 15) is 13.2 Å². The number of rotatable bonds is 8. The molecule has 1 amide bonds. The summed E-state index contributed by atoms with van der Waals surface area (Å²) in [6, 6.07) is 13.1. The number of sulfonamides is 1. The molecule has 0 fully saturated rings. The molecule has 0 atom stereocenters. The van der Waals surface area contributed by atoms with E-state index in [4.69, 9.17) is 14.3 Å². The van der Waals surface area contributed by atoms with Crippen LogP contribution >= 0.6 is 11.8 Å². The second kappa shape index (κ2) is 9.07. The molecule has 2 aromatic carbocycles. The number of nitrogens with zero attached hydrogens (tertiary/aromatic N) is 2. The van der Waals surface area contributed by atoms with E-state index < -0.39 is 10.0 Å². The molecule has 3 aromatic rings. The van der Waals surface area contributed by atoms with Crippen LogP contribution in [0.5, 0.6) is 5.75 Å². The van der Waals surface area contributed by atoms with Crippen molar-refractivity contribution in [3.05, 3.63) is 54.1 Å². The van der Waals surface area contributed by atoms with Gasteiger partial charge in [0.1, 0.15) is 5.75 Å². The first-order chi connectivity index (χ1) is 13.8. The Balaban J connectivity index is 1.49. The Hall–Kier alpha value is -2.89. The lowest BCUT2D eigenvalue weighted by molar-refractivity contribution is -0.118. The van der Waals surface area contributed by atoms with E-state index in [2.05, 4.69) is 15.5 Å².